The molecule has 2 aromatic heterocycles. The van der Waals surface area contributed by atoms with Crippen LogP contribution in [-0.2, 0) is 35.5 Å². The first-order chi connectivity index (χ1) is 22.0. The van der Waals surface area contributed by atoms with Gasteiger partial charge in [-0.1, -0.05) is 103 Å². The Labute approximate surface area is 268 Å². The zero-order chi connectivity index (χ0) is 31.0. The zero-order valence-corrected chi connectivity index (χ0v) is 25.6. The van der Waals surface area contributed by atoms with Crippen LogP contribution >= 0.6 is 11.6 Å². The summed E-state index contributed by atoms with van der Waals surface area (Å²) < 4.78 is 0. The number of pyridine rings is 2. The van der Waals surface area contributed by atoms with Gasteiger partial charge in [-0.2, -0.15) is 0 Å². The van der Waals surface area contributed by atoms with Crippen molar-refractivity contribution in [3.8, 4) is 11.3 Å². The predicted molar refractivity (Wildman–Crippen MR) is 178 cm³/mol. The minimum Gasteiger partial charge on any atom is -0.336 e. The summed E-state index contributed by atoms with van der Waals surface area (Å²) in [4.78, 5) is 40.8. The molecule has 0 saturated heterocycles. The fourth-order valence-electron chi connectivity index (χ4n) is 5.66. The number of fused-ring (bicyclic) bond motifs is 1. The summed E-state index contributed by atoms with van der Waals surface area (Å²) in [5.74, 6) is -0.321. The number of benzene rings is 3. The molecular formula is C38H33ClN4O2. The van der Waals surface area contributed by atoms with Gasteiger partial charge in [0.05, 0.1) is 5.69 Å². The quantitative estimate of drug-likeness (QED) is 0.132. The van der Waals surface area contributed by atoms with Gasteiger partial charge in [-0.25, -0.2) is 4.98 Å². The summed E-state index contributed by atoms with van der Waals surface area (Å²) in [6.45, 7) is 1.39. The van der Waals surface area contributed by atoms with E-state index < -0.39 is 6.04 Å². The highest BCUT2D eigenvalue weighted by Crippen LogP contribution is 2.24. The van der Waals surface area contributed by atoms with Crippen LogP contribution in [0.15, 0.2) is 128 Å². The second-order valence-electron chi connectivity index (χ2n) is 11.1. The van der Waals surface area contributed by atoms with Gasteiger partial charge in [-0.05, 0) is 58.5 Å². The zero-order valence-electron chi connectivity index (χ0n) is 24.8. The minimum absolute atomic E-state index is 0.0617. The van der Waals surface area contributed by atoms with Crippen LogP contribution in [0.1, 0.15) is 27.8 Å². The van der Waals surface area contributed by atoms with Crippen molar-refractivity contribution in [2.45, 2.75) is 32.0 Å². The maximum atomic E-state index is 14.5. The standard InChI is InChI=1S/C38H33ClN4O2/c39-36-19-15-29(25-41-36)16-20-37(44)43(26-30-13-17-32(18-14-30)34-12-6-7-22-40-34)35(24-28-8-2-1-3-9-28)38(45)42-23-21-31-10-4-5-11-33(31)27-42/h1-20,22,25,35H,21,23-24,26-27H2/b20-16+/t35-/m0/s1. The molecule has 1 aliphatic rings. The third-order valence-corrected chi connectivity index (χ3v) is 8.32. The smallest absolute Gasteiger partial charge is 0.247 e. The van der Waals surface area contributed by atoms with Gasteiger partial charge < -0.3 is 9.80 Å². The molecule has 1 aliphatic heterocycles. The van der Waals surface area contributed by atoms with Crippen molar-refractivity contribution in [3.05, 3.63) is 161 Å². The first-order valence-electron chi connectivity index (χ1n) is 15.0. The summed E-state index contributed by atoms with van der Waals surface area (Å²) >= 11 is 5.97. The molecule has 224 valence electrons. The molecule has 5 aromatic rings. The first-order valence-corrected chi connectivity index (χ1v) is 15.4. The maximum Gasteiger partial charge on any atom is 0.247 e. The van der Waals surface area contributed by atoms with Gasteiger partial charge in [-0.3, -0.25) is 14.6 Å². The third-order valence-electron chi connectivity index (χ3n) is 8.09. The van der Waals surface area contributed by atoms with Crippen LogP contribution in [0.25, 0.3) is 17.3 Å². The Morgan fingerprint density at radius 2 is 1.58 bits per heavy atom. The first kappa shape index (κ1) is 30.0. The molecule has 0 fully saturated rings. The van der Waals surface area contributed by atoms with Gasteiger partial charge in [0, 0.05) is 50.1 Å². The number of carbonyl (C=O) groups excluding carboxylic acids is 2. The molecule has 7 heteroatoms. The van der Waals surface area contributed by atoms with Crippen molar-refractivity contribution >= 4 is 29.5 Å². The van der Waals surface area contributed by atoms with E-state index in [4.69, 9.17) is 11.6 Å². The van der Waals surface area contributed by atoms with E-state index in [1.54, 1.807) is 35.5 Å². The normalized spacial score (nSPS) is 13.3. The Morgan fingerprint density at radius 1 is 0.822 bits per heavy atom. The second kappa shape index (κ2) is 14.1. The minimum atomic E-state index is -0.714. The monoisotopic (exact) mass is 612 g/mol. The molecule has 3 aromatic carbocycles. The molecule has 6 rings (SSSR count). The largest absolute Gasteiger partial charge is 0.336 e. The number of carbonyl (C=O) groups is 2. The maximum absolute atomic E-state index is 14.5. The van der Waals surface area contributed by atoms with Crippen molar-refractivity contribution in [1.29, 1.82) is 0 Å². The molecule has 0 unspecified atom stereocenters. The van der Waals surface area contributed by atoms with Gasteiger partial charge in [0.1, 0.15) is 11.2 Å². The molecular weight excluding hydrogens is 580 g/mol. The Kier molecular flexibility index (Phi) is 9.42. The Morgan fingerprint density at radius 3 is 2.31 bits per heavy atom. The van der Waals surface area contributed by atoms with E-state index in [9.17, 15) is 9.59 Å². The van der Waals surface area contributed by atoms with Crippen molar-refractivity contribution in [3.63, 3.8) is 0 Å². The highest BCUT2D eigenvalue weighted by molar-refractivity contribution is 6.29. The van der Waals surface area contributed by atoms with E-state index in [2.05, 4.69) is 22.1 Å². The summed E-state index contributed by atoms with van der Waals surface area (Å²) in [5, 5.41) is 0.380. The predicted octanol–water partition coefficient (Wildman–Crippen LogP) is 7.04. The number of rotatable bonds is 9. The summed E-state index contributed by atoms with van der Waals surface area (Å²) in [5.41, 5.74) is 6.92. The average Bonchev–Trinajstić information content (AvgIpc) is 3.10. The fraction of sp³-hybridized carbons (Fsp3) is 0.158. The lowest BCUT2D eigenvalue weighted by molar-refractivity contribution is -0.144. The van der Waals surface area contributed by atoms with E-state index in [-0.39, 0.29) is 18.4 Å². The molecule has 6 nitrogen and oxygen atoms in total. The molecule has 3 heterocycles. The molecule has 0 saturated carbocycles. The van der Waals surface area contributed by atoms with Crippen LogP contribution in [0.5, 0.6) is 0 Å². The molecule has 0 radical (unpaired) electrons. The Hall–Kier alpha value is -5.07. The number of nitrogens with zero attached hydrogens (tertiary/aromatic N) is 4. The number of hydrogen-bond acceptors (Lipinski definition) is 4. The van der Waals surface area contributed by atoms with Gasteiger partial charge in [0.15, 0.2) is 0 Å². The Bertz CT molecular complexity index is 1780. The third kappa shape index (κ3) is 7.54. The molecule has 0 bridgehead atoms. The Balaban J connectivity index is 1.34. The molecule has 45 heavy (non-hydrogen) atoms. The topological polar surface area (TPSA) is 66.4 Å². The fourth-order valence-corrected chi connectivity index (χ4v) is 5.78. The second-order valence-corrected chi connectivity index (χ2v) is 11.5. The summed E-state index contributed by atoms with van der Waals surface area (Å²) in [6.07, 6.45) is 7.79. The highest BCUT2D eigenvalue weighted by Gasteiger charge is 2.34. The summed E-state index contributed by atoms with van der Waals surface area (Å²) in [7, 11) is 0. The van der Waals surface area contributed by atoms with Crippen molar-refractivity contribution in [1.82, 2.24) is 19.8 Å². The van der Waals surface area contributed by atoms with E-state index in [0.29, 0.717) is 24.7 Å². The van der Waals surface area contributed by atoms with E-state index >= 15 is 0 Å². The van der Waals surface area contributed by atoms with E-state index in [1.807, 2.05) is 89.8 Å². The number of halogens is 1. The van der Waals surface area contributed by atoms with Crippen molar-refractivity contribution in [2.24, 2.45) is 0 Å². The lowest BCUT2D eigenvalue weighted by Crippen LogP contribution is -2.52. The molecule has 2 amide bonds. The average molecular weight is 613 g/mol. The number of hydrogen-bond donors (Lipinski definition) is 0. The number of amides is 2. The lowest BCUT2D eigenvalue weighted by Gasteiger charge is -2.37. The summed E-state index contributed by atoms with van der Waals surface area (Å²) in [6, 6.07) is 34.7. The van der Waals surface area contributed by atoms with Crippen LogP contribution < -0.4 is 0 Å². The van der Waals surface area contributed by atoms with Crippen molar-refractivity contribution in [2.75, 3.05) is 6.54 Å². The molecule has 0 spiro atoms. The van der Waals surface area contributed by atoms with Gasteiger partial charge in [-0.15, -0.1) is 0 Å². The SMILES string of the molecule is O=C([C@H](Cc1ccccc1)N(Cc1ccc(-c2ccccn2)cc1)C(=O)/C=C/c1ccc(Cl)nc1)N1CCc2ccccc2C1. The van der Waals surface area contributed by atoms with Crippen LogP contribution in [0, 0.1) is 0 Å². The van der Waals surface area contributed by atoms with Gasteiger partial charge in [0.25, 0.3) is 0 Å². The van der Waals surface area contributed by atoms with Crippen LogP contribution in [-0.4, -0.2) is 44.2 Å². The van der Waals surface area contributed by atoms with E-state index in [0.717, 1.165) is 39.9 Å². The van der Waals surface area contributed by atoms with Gasteiger partial charge >= 0.3 is 0 Å². The highest BCUT2D eigenvalue weighted by atomic mass is 35.5. The van der Waals surface area contributed by atoms with Crippen LogP contribution in [0.4, 0.5) is 0 Å². The number of aromatic nitrogens is 2. The van der Waals surface area contributed by atoms with Crippen LogP contribution in [0.3, 0.4) is 0 Å². The molecule has 0 N–H and O–H groups in total. The molecule has 1 atom stereocenters. The van der Waals surface area contributed by atoms with Gasteiger partial charge in [0.2, 0.25) is 11.8 Å². The lowest BCUT2D eigenvalue weighted by atomic mass is 9.97. The molecule has 0 aliphatic carbocycles. The van der Waals surface area contributed by atoms with Crippen LogP contribution in [0.2, 0.25) is 5.15 Å². The van der Waals surface area contributed by atoms with Crippen molar-refractivity contribution < 1.29 is 9.59 Å². The van der Waals surface area contributed by atoms with E-state index in [1.165, 1.54) is 11.6 Å².